The van der Waals surface area contributed by atoms with Gasteiger partial charge >= 0.3 is 0 Å². The Bertz CT molecular complexity index is 513. The molecule has 2 amide bonds. The highest BCUT2D eigenvalue weighted by Crippen LogP contribution is 2.23. The Morgan fingerprint density at radius 2 is 2.26 bits per heavy atom. The number of aromatic nitrogens is 1. The summed E-state index contributed by atoms with van der Waals surface area (Å²) in [4.78, 5) is 30.1. The number of piperazine rings is 1. The van der Waals surface area contributed by atoms with Gasteiger partial charge in [0.15, 0.2) is 0 Å². The monoisotopic (exact) mass is 262 g/mol. The van der Waals surface area contributed by atoms with Crippen LogP contribution in [0.1, 0.15) is 24.2 Å². The number of pyridine rings is 1. The molecular formula is C13H18N4O2. The van der Waals surface area contributed by atoms with Gasteiger partial charge in [0.25, 0.3) is 5.91 Å². The fourth-order valence-corrected chi connectivity index (χ4v) is 2.18. The van der Waals surface area contributed by atoms with Crippen LogP contribution in [0.2, 0.25) is 0 Å². The van der Waals surface area contributed by atoms with Crippen LogP contribution in [0.4, 0.5) is 5.69 Å². The van der Waals surface area contributed by atoms with E-state index in [2.05, 4.69) is 15.6 Å². The minimum absolute atomic E-state index is 0.132. The molecular weight excluding hydrogens is 244 g/mol. The lowest BCUT2D eigenvalue weighted by Crippen LogP contribution is -2.63. The zero-order chi connectivity index (χ0) is 14.0. The highest BCUT2D eigenvalue weighted by atomic mass is 16.2. The Labute approximate surface area is 112 Å². The Kier molecular flexibility index (Phi) is 3.42. The van der Waals surface area contributed by atoms with E-state index in [-0.39, 0.29) is 11.8 Å². The fraction of sp³-hybridized carbons (Fsp3) is 0.462. The zero-order valence-electron chi connectivity index (χ0n) is 11.4. The number of hydrogen-bond acceptors (Lipinski definition) is 4. The zero-order valence-corrected chi connectivity index (χ0v) is 11.4. The van der Waals surface area contributed by atoms with Crippen molar-refractivity contribution in [1.82, 2.24) is 15.2 Å². The van der Waals surface area contributed by atoms with Crippen molar-refractivity contribution in [2.75, 3.05) is 25.5 Å². The summed E-state index contributed by atoms with van der Waals surface area (Å²) in [6.07, 6.45) is 3.18. The summed E-state index contributed by atoms with van der Waals surface area (Å²) in [5.41, 5.74) is 0.346. The third-order valence-electron chi connectivity index (χ3n) is 3.42. The van der Waals surface area contributed by atoms with Gasteiger partial charge in [0.2, 0.25) is 5.91 Å². The molecule has 0 bridgehead atoms. The highest BCUT2D eigenvalue weighted by Gasteiger charge is 2.41. The predicted molar refractivity (Wildman–Crippen MR) is 71.9 cm³/mol. The molecule has 0 radical (unpaired) electrons. The van der Waals surface area contributed by atoms with Gasteiger partial charge in [0.05, 0.1) is 17.4 Å². The second-order valence-electron chi connectivity index (χ2n) is 4.94. The average Bonchev–Trinajstić information content (AvgIpc) is 2.41. The lowest BCUT2D eigenvalue weighted by atomic mass is 9.97. The molecule has 0 atom stereocenters. The molecule has 1 fully saturated rings. The van der Waals surface area contributed by atoms with E-state index in [0.29, 0.717) is 24.3 Å². The van der Waals surface area contributed by atoms with E-state index < -0.39 is 5.54 Å². The first-order valence-electron chi connectivity index (χ1n) is 6.20. The molecule has 1 saturated heterocycles. The Morgan fingerprint density at radius 3 is 2.95 bits per heavy atom. The molecule has 19 heavy (non-hydrogen) atoms. The lowest BCUT2D eigenvalue weighted by Gasteiger charge is -2.41. The van der Waals surface area contributed by atoms with Gasteiger partial charge in [-0.2, -0.15) is 0 Å². The second kappa shape index (κ2) is 4.87. The first kappa shape index (κ1) is 13.3. The molecule has 1 aromatic heterocycles. The summed E-state index contributed by atoms with van der Waals surface area (Å²) in [7, 11) is 1.74. The van der Waals surface area contributed by atoms with Crippen LogP contribution in [0.3, 0.4) is 0 Å². The summed E-state index contributed by atoms with van der Waals surface area (Å²) in [6.45, 7) is 4.48. The molecule has 0 aromatic carbocycles. The highest BCUT2D eigenvalue weighted by molar-refractivity contribution is 6.03. The number of nitrogens with zero attached hydrogens (tertiary/aromatic N) is 2. The number of anilines is 1. The number of nitrogens with one attached hydrogen (secondary N) is 2. The van der Waals surface area contributed by atoms with Crippen LogP contribution in [0, 0.1) is 0 Å². The van der Waals surface area contributed by atoms with Crippen molar-refractivity contribution in [3.05, 3.63) is 24.0 Å². The topological polar surface area (TPSA) is 74.3 Å². The van der Waals surface area contributed by atoms with Crippen LogP contribution in [-0.2, 0) is 4.79 Å². The number of hydrogen-bond donors (Lipinski definition) is 2. The van der Waals surface area contributed by atoms with Crippen LogP contribution in [-0.4, -0.2) is 47.4 Å². The van der Waals surface area contributed by atoms with Gasteiger partial charge in [-0.3, -0.25) is 14.6 Å². The summed E-state index contributed by atoms with van der Waals surface area (Å²) in [6, 6.07) is 1.66. The molecule has 6 heteroatoms. The van der Waals surface area contributed by atoms with Crippen molar-refractivity contribution in [1.29, 1.82) is 0 Å². The number of amides is 2. The van der Waals surface area contributed by atoms with Crippen molar-refractivity contribution >= 4 is 17.5 Å². The van der Waals surface area contributed by atoms with Crippen LogP contribution in [0.15, 0.2) is 18.5 Å². The van der Waals surface area contributed by atoms with Gasteiger partial charge in [-0.1, -0.05) is 0 Å². The maximum atomic E-state index is 12.6. The lowest BCUT2D eigenvalue weighted by molar-refractivity contribution is -0.133. The standard InChI is InChI=1S/C13H18N4O2/c1-13(2)12(19)16-6-7-17(13)11(18)9-4-5-15-8-10(9)14-3/h4-5,8,14H,6-7H2,1-3H3,(H,16,19). The molecule has 1 aliphatic rings. The van der Waals surface area contributed by atoms with E-state index in [1.807, 2.05) is 0 Å². The van der Waals surface area contributed by atoms with Crippen molar-refractivity contribution in [2.45, 2.75) is 19.4 Å². The molecule has 2 rings (SSSR count). The first-order chi connectivity index (χ1) is 8.98. The van der Waals surface area contributed by atoms with E-state index >= 15 is 0 Å². The molecule has 0 unspecified atom stereocenters. The molecule has 0 saturated carbocycles. The molecule has 0 spiro atoms. The third-order valence-corrected chi connectivity index (χ3v) is 3.42. The maximum absolute atomic E-state index is 12.6. The Balaban J connectivity index is 2.35. The fourth-order valence-electron chi connectivity index (χ4n) is 2.18. The molecule has 2 heterocycles. The molecule has 2 N–H and O–H groups in total. The van der Waals surface area contributed by atoms with Gasteiger partial charge in [-0.05, 0) is 19.9 Å². The Morgan fingerprint density at radius 1 is 1.53 bits per heavy atom. The quantitative estimate of drug-likeness (QED) is 0.812. The van der Waals surface area contributed by atoms with Crippen LogP contribution < -0.4 is 10.6 Å². The number of rotatable bonds is 2. The van der Waals surface area contributed by atoms with Crippen LogP contribution >= 0.6 is 0 Å². The van der Waals surface area contributed by atoms with Crippen LogP contribution in [0.5, 0.6) is 0 Å². The van der Waals surface area contributed by atoms with E-state index in [9.17, 15) is 9.59 Å². The van der Waals surface area contributed by atoms with E-state index in [1.165, 1.54) is 0 Å². The summed E-state index contributed by atoms with van der Waals surface area (Å²) in [5, 5.41) is 5.72. The van der Waals surface area contributed by atoms with Crippen LogP contribution in [0.25, 0.3) is 0 Å². The van der Waals surface area contributed by atoms with Gasteiger partial charge in [0.1, 0.15) is 5.54 Å². The van der Waals surface area contributed by atoms with Crippen molar-refractivity contribution < 1.29 is 9.59 Å². The summed E-state index contributed by atoms with van der Waals surface area (Å²) >= 11 is 0. The molecule has 1 aromatic rings. The second-order valence-corrected chi connectivity index (χ2v) is 4.94. The van der Waals surface area contributed by atoms with Crippen molar-refractivity contribution in [3.8, 4) is 0 Å². The first-order valence-corrected chi connectivity index (χ1v) is 6.20. The summed E-state index contributed by atoms with van der Waals surface area (Å²) < 4.78 is 0. The smallest absolute Gasteiger partial charge is 0.257 e. The minimum Gasteiger partial charge on any atom is -0.386 e. The molecule has 1 aliphatic heterocycles. The maximum Gasteiger partial charge on any atom is 0.257 e. The number of carbonyl (C=O) groups is 2. The summed E-state index contributed by atoms with van der Waals surface area (Å²) in [5.74, 6) is -0.293. The third kappa shape index (κ3) is 2.25. The van der Waals surface area contributed by atoms with Gasteiger partial charge in [-0.25, -0.2) is 0 Å². The Hall–Kier alpha value is -2.11. The van der Waals surface area contributed by atoms with Crippen molar-refractivity contribution in [3.63, 3.8) is 0 Å². The van der Waals surface area contributed by atoms with Crippen molar-refractivity contribution in [2.24, 2.45) is 0 Å². The van der Waals surface area contributed by atoms with E-state index in [4.69, 9.17) is 0 Å². The van der Waals surface area contributed by atoms with E-state index in [0.717, 1.165) is 0 Å². The predicted octanol–water partition coefficient (Wildman–Crippen LogP) is 0.474. The normalized spacial score (nSPS) is 17.8. The SMILES string of the molecule is CNc1cnccc1C(=O)N1CCNC(=O)C1(C)C. The van der Waals surface area contributed by atoms with E-state index in [1.54, 1.807) is 44.3 Å². The van der Waals surface area contributed by atoms with Gasteiger partial charge in [-0.15, -0.1) is 0 Å². The number of carbonyl (C=O) groups excluding carboxylic acids is 2. The molecule has 6 nitrogen and oxygen atoms in total. The average molecular weight is 262 g/mol. The molecule has 102 valence electrons. The van der Waals surface area contributed by atoms with Gasteiger partial charge in [0, 0.05) is 26.3 Å². The van der Waals surface area contributed by atoms with Gasteiger partial charge < -0.3 is 15.5 Å². The molecule has 0 aliphatic carbocycles. The minimum atomic E-state index is -0.844. The largest absolute Gasteiger partial charge is 0.386 e.